The fourth-order valence-electron chi connectivity index (χ4n) is 1.50. The number of unbranched alkanes of at least 4 members (excludes halogenated alkanes) is 1. The van der Waals surface area contributed by atoms with Gasteiger partial charge in [0, 0.05) is 6.61 Å². The van der Waals surface area contributed by atoms with Crippen LogP contribution in [0, 0.1) is 0 Å². The third-order valence-corrected chi connectivity index (χ3v) is 2.44. The lowest BCUT2D eigenvalue weighted by molar-refractivity contribution is 0.0919. The number of hydrazine groups is 1. The highest BCUT2D eigenvalue weighted by atomic mass is 16.5. The SMILES string of the molecule is C=CCCCOCCOc1ccccc1C(=O)NN. The molecule has 0 atom stereocenters. The van der Waals surface area contributed by atoms with Crippen molar-refractivity contribution in [2.24, 2.45) is 5.84 Å². The first-order chi connectivity index (χ1) is 9.29. The fourth-order valence-corrected chi connectivity index (χ4v) is 1.50. The molecule has 5 nitrogen and oxygen atoms in total. The second-order valence-electron chi connectivity index (χ2n) is 3.86. The van der Waals surface area contributed by atoms with E-state index in [4.69, 9.17) is 15.3 Å². The molecule has 0 radical (unpaired) electrons. The quantitative estimate of drug-likeness (QED) is 0.234. The van der Waals surface area contributed by atoms with E-state index in [0.29, 0.717) is 31.1 Å². The molecule has 5 heteroatoms. The fraction of sp³-hybridized carbons (Fsp3) is 0.357. The van der Waals surface area contributed by atoms with Crippen molar-refractivity contribution in [3.8, 4) is 5.75 Å². The van der Waals surface area contributed by atoms with Gasteiger partial charge in [0.05, 0.1) is 12.2 Å². The van der Waals surface area contributed by atoms with E-state index in [9.17, 15) is 4.79 Å². The van der Waals surface area contributed by atoms with E-state index in [1.54, 1.807) is 24.3 Å². The van der Waals surface area contributed by atoms with Crippen molar-refractivity contribution in [2.45, 2.75) is 12.8 Å². The average Bonchev–Trinajstić information content (AvgIpc) is 2.46. The van der Waals surface area contributed by atoms with Crippen molar-refractivity contribution >= 4 is 5.91 Å². The lowest BCUT2D eigenvalue weighted by atomic mass is 10.2. The third-order valence-electron chi connectivity index (χ3n) is 2.44. The van der Waals surface area contributed by atoms with E-state index >= 15 is 0 Å². The van der Waals surface area contributed by atoms with Gasteiger partial charge in [0.1, 0.15) is 12.4 Å². The Morgan fingerprint density at radius 1 is 1.32 bits per heavy atom. The summed E-state index contributed by atoms with van der Waals surface area (Å²) in [5.41, 5.74) is 2.50. The molecule has 19 heavy (non-hydrogen) atoms. The summed E-state index contributed by atoms with van der Waals surface area (Å²) in [6.45, 7) is 5.19. The molecule has 0 saturated heterocycles. The van der Waals surface area contributed by atoms with E-state index in [1.807, 2.05) is 6.08 Å². The number of nitrogens with one attached hydrogen (secondary N) is 1. The molecule has 3 N–H and O–H groups in total. The molecule has 0 heterocycles. The molecule has 0 spiro atoms. The molecule has 0 saturated carbocycles. The first kappa shape index (κ1) is 15.2. The zero-order chi connectivity index (χ0) is 13.9. The topological polar surface area (TPSA) is 73.6 Å². The van der Waals surface area contributed by atoms with Crippen molar-refractivity contribution in [3.05, 3.63) is 42.5 Å². The average molecular weight is 264 g/mol. The van der Waals surface area contributed by atoms with E-state index in [2.05, 4.69) is 12.0 Å². The minimum atomic E-state index is -0.373. The Hall–Kier alpha value is -1.85. The number of para-hydroxylation sites is 1. The molecule has 0 fully saturated rings. The van der Waals surface area contributed by atoms with Gasteiger partial charge in [-0.2, -0.15) is 0 Å². The Morgan fingerprint density at radius 3 is 2.84 bits per heavy atom. The Labute approximate surface area is 113 Å². The molecule has 0 aromatic heterocycles. The van der Waals surface area contributed by atoms with Crippen LogP contribution in [0.3, 0.4) is 0 Å². The summed E-state index contributed by atoms with van der Waals surface area (Å²) in [4.78, 5) is 11.5. The Bertz CT molecular complexity index is 407. The molecule has 104 valence electrons. The summed E-state index contributed by atoms with van der Waals surface area (Å²) in [5, 5.41) is 0. The zero-order valence-electron chi connectivity index (χ0n) is 10.9. The maximum Gasteiger partial charge on any atom is 0.268 e. The third kappa shape index (κ3) is 5.54. The Morgan fingerprint density at radius 2 is 2.11 bits per heavy atom. The summed E-state index contributed by atoms with van der Waals surface area (Å²) in [7, 11) is 0. The second kappa shape index (κ2) is 9.13. The smallest absolute Gasteiger partial charge is 0.268 e. The number of hydrogen-bond donors (Lipinski definition) is 2. The van der Waals surface area contributed by atoms with E-state index in [0.717, 1.165) is 12.8 Å². The predicted molar refractivity (Wildman–Crippen MR) is 73.8 cm³/mol. The molecule has 0 bridgehead atoms. The van der Waals surface area contributed by atoms with Crippen LogP contribution < -0.4 is 16.0 Å². The van der Waals surface area contributed by atoms with Crippen molar-refractivity contribution in [3.63, 3.8) is 0 Å². The van der Waals surface area contributed by atoms with Crippen LogP contribution in [0.25, 0.3) is 0 Å². The summed E-state index contributed by atoms with van der Waals surface area (Å²) in [6.07, 6.45) is 3.76. The number of rotatable bonds is 9. The summed E-state index contributed by atoms with van der Waals surface area (Å²) < 4.78 is 10.9. The van der Waals surface area contributed by atoms with Gasteiger partial charge in [-0.05, 0) is 25.0 Å². The number of ether oxygens (including phenoxy) is 2. The Kier molecular flexibility index (Phi) is 7.31. The number of hydrogen-bond acceptors (Lipinski definition) is 4. The lowest BCUT2D eigenvalue weighted by Gasteiger charge is -2.10. The molecule has 1 aromatic carbocycles. The standard InChI is InChI=1S/C14H20N2O3/c1-2-3-6-9-18-10-11-19-13-8-5-4-7-12(13)14(17)16-15/h2,4-5,7-8H,1,3,6,9-11,15H2,(H,16,17). The molecule has 0 unspecified atom stereocenters. The number of allylic oxidation sites excluding steroid dienone is 1. The van der Waals surface area contributed by atoms with Crippen molar-refractivity contribution in [1.82, 2.24) is 5.43 Å². The molecule has 0 aliphatic carbocycles. The zero-order valence-corrected chi connectivity index (χ0v) is 10.9. The van der Waals surface area contributed by atoms with Crippen LogP contribution >= 0.6 is 0 Å². The van der Waals surface area contributed by atoms with E-state index < -0.39 is 0 Å². The first-order valence-electron chi connectivity index (χ1n) is 6.21. The lowest BCUT2D eigenvalue weighted by Crippen LogP contribution is -2.30. The van der Waals surface area contributed by atoms with Crippen LogP contribution in [0.1, 0.15) is 23.2 Å². The van der Waals surface area contributed by atoms with Crippen LogP contribution in [0.15, 0.2) is 36.9 Å². The highest BCUT2D eigenvalue weighted by Crippen LogP contribution is 2.17. The van der Waals surface area contributed by atoms with Crippen molar-refractivity contribution in [1.29, 1.82) is 0 Å². The maximum atomic E-state index is 11.5. The second-order valence-corrected chi connectivity index (χ2v) is 3.86. The number of carbonyl (C=O) groups excluding carboxylic acids is 1. The predicted octanol–water partition coefficient (Wildman–Crippen LogP) is 1.65. The van der Waals surface area contributed by atoms with Gasteiger partial charge < -0.3 is 9.47 Å². The molecular formula is C14H20N2O3. The molecule has 1 aromatic rings. The van der Waals surface area contributed by atoms with Gasteiger partial charge in [-0.25, -0.2) is 5.84 Å². The highest BCUT2D eigenvalue weighted by Gasteiger charge is 2.09. The Balaban J connectivity index is 2.33. The number of nitrogens with two attached hydrogens (primary N) is 1. The largest absolute Gasteiger partial charge is 0.490 e. The number of benzene rings is 1. The van der Waals surface area contributed by atoms with Gasteiger partial charge in [-0.3, -0.25) is 10.2 Å². The van der Waals surface area contributed by atoms with Crippen molar-refractivity contribution < 1.29 is 14.3 Å². The summed E-state index contributed by atoms with van der Waals surface area (Å²) in [6, 6.07) is 6.93. The van der Waals surface area contributed by atoms with Crippen LogP contribution in [0.5, 0.6) is 5.75 Å². The number of amides is 1. The van der Waals surface area contributed by atoms with Gasteiger partial charge in [0.25, 0.3) is 5.91 Å². The van der Waals surface area contributed by atoms with Crippen molar-refractivity contribution in [2.75, 3.05) is 19.8 Å². The molecule has 1 rings (SSSR count). The van der Waals surface area contributed by atoms with E-state index in [-0.39, 0.29) is 5.91 Å². The number of carbonyl (C=O) groups is 1. The minimum absolute atomic E-state index is 0.373. The molecule has 0 aliphatic rings. The monoisotopic (exact) mass is 264 g/mol. The van der Waals surface area contributed by atoms with Gasteiger partial charge in [-0.1, -0.05) is 18.2 Å². The highest BCUT2D eigenvalue weighted by molar-refractivity contribution is 5.96. The normalized spacial score (nSPS) is 9.95. The van der Waals surface area contributed by atoms with Crippen LogP contribution in [-0.2, 0) is 4.74 Å². The summed E-state index contributed by atoms with van der Waals surface area (Å²) >= 11 is 0. The van der Waals surface area contributed by atoms with Gasteiger partial charge in [-0.15, -0.1) is 6.58 Å². The van der Waals surface area contributed by atoms with Crippen LogP contribution in [0.4, 0.5) is 0 Å². The first-order valence-corrected chi connectivity index (χ1v) is 6.21. The van der Waals surface area contributed by atoms with Gasteiger partial charge >= 0.3 is 0 Å². The number of nitrogen functional groups attached to an aromatic ring is 1. The van der Waals surface area contributed by atoms with Crippen LogP contribution in [-0.4, -0.2) is 25.7 Å². The van der Waals surface area contributed by atoms with E-state index in [1.165, 1.54) is 0 Å². The molecule has 0 aliphatic heterocycles. The van der Waals surface area contributed by atoms with Gasteiger partial charge in [0.2, 0.25) is 0 Å². The maximum absolute atomic E-state index is 11.5. The van der Waals surface area contributed by atoms with Crippen LogP contribution in [0.2, 0.25) is 0 Å². The molecular weight excluding hydrogens is 244 g/mol. The minimum Gasteiger partial charge on any atom is -0.490 e. The van der Waals surface area contributed by atoms with Gasteiger partial charge in [0.15, 0.2) is 0 Å². The summed E-state index contributed by atoms with van der Waals surface area (Å²) in [5.74, 6) is 5.24. The molecule has 1 amide bonds.